The molecule has 7 heteroatoms. The summed E-state index contributed by atoms with van der Waals surface area (Å²) in [6.45, 7) is 4.18. The molecule has 4 heterocycles. The molecule has 1 aliphatic rings. The number of thiophene rings is 1. The van der Waals surface area contributed by atoms with Crippen LogP contribution in [-0.2, 0) is 13.6 Å². The molecule has 6 nitrogen and oxygen atoms in total. The van der Waals surface area contributed by atoms with Gasteiger partial charge in [0.1, 0.15) is 4.83 Å². The van der Waals surface area contributed by atoms with Crippen LogP contribution in [0.2, 0.25) is 0 Å². The molecule has 24 heavy (non-hydrogen) atoms. The first-order valence-corrected chi connectivity index (χ1v) is 8.85. The van der Waals surface area contributed by atoms with Gasteiger partial charge in [-0.3, -0.25) is 14.4 Å². The van der Waals surface area contributed by atoms with E-state index in [4.69, 9.17) is 0 Å². The quantitative estimate of drug-likeness (QED) is 0.731. The predicted molar refractivity (Wildman–Crippen MR) is 94.0 cm³/mol. The zero-order valence-electron chi connectivity index (χ0n) is 13.6. The maximum absolute atomic E-state index is 12.7. The van der Waals surface area contributed by atoms with Gasteiger partial charge in [-0.05, 0) is 18.2 Å². The van der Waals surface area contributed by atoms with Crippen molar-refractivity contribution in [3.8, 4) is 0 Å². The Balaban J connectivity index is 1.40. The van der Waals surface area contributed by atoms with Crippen LogP contribution in [0.3, 0.4) is 0 Å². The molecule has 3 aromatic heterocycles. The van der Waals surface area contributed by atoms with Gasteiger partial charge in [-0.15, -0.1) is 11.3 Å². The van der Waals surface area contributed by atoms with E-state index in [9.17, 15) is 4.79 Å². The molecule has 1 amide bonds. The fraction of sp³-hybridized carbons (Fsp3) is 0.353. The first-order chi connectivity index (χ1) is 11.7. The van der Waals surface area contributed by atoms with Crippen LogP contribution < -0.4 is 0 Å². The number of carbonyl (C=O) groups excluding carboxylic acids is 1. The number of carbonyl (C=O) groups is 1. The maximum Gasteiger partial charge on any atom is 0.264 e. The average Bonchev–Trinajstić information content (AvgIpc) is 3.21. The van der Waals surface area contributed by atoms with Crippen molar-refractivity contribution in [1.29, 1.82) is 0 Å². The molecule has 1 fully saturated rings. The minimum atomic E-state index is 0.123. The molecule has 1 saturated heterocycles. The summed E-state index contributed by atoms with van der Waals surface area (Å²) in [7, 11) is 1.96. The first kappa shape index (κ1) is 15.3. The van der Waals surface area contributed by atoms with E-state index in [1.807, 2.05) is 47.1 Å². The summed E-state index contributed by atoms with van der Waals surface area (Å²) in [5, 5.41) is 5.25. The normalized spacial score (nSPS) is 16.0. The van der Waals surface area contributed by atoms with E-state index in [2.05, 4.69) is 15.0 Å². The number of piperazine rings is 1. The summed E-state index contributed by atoms with van der Waals surface area (Å²) in [5.74, 6) is 0.123. The van der Waals surface area contributed by atoms with E-state index in [0.29, 0.717) is 0 Å². The highest BCUT2D eigenvalue weighted by Gasteiger charge is 2.24. The molecular formula is C17H19N5OS. The molecule has 0 spiro atoms. The van der Waals surface area contributed by atoms with Gasteiger partial charge in [0.25, 0.3) is 5.91 Å². The molecule has 3 aromatic rings. The molecule has 0 atom stereocenters. The fourth-order valence-corrected chi connectivity index (χ4v) is 4.00. The summed E-state index contributed by atoms with van der Waals surface area (Å²) in [5.41, 5.74) is 1.20. The summed E-state index contributed by atoms with van der Waals surface area (Å²) in [4.78, 5) is 23.1. The number of aryl methyl sites for hydroxylation is 1. The van der Waals surface area contributed by atoms with Crippen molar-refractivity contribution in [1.82, 2.24) is 24.6 Å². The molecule has 0 unspecified atom stereocenters. The van der Waals surface area contributed by atoms with Crippen molar-refractivity contribution < 1.29 is 4.79 Å². The van der Waals surface area contributed by atoms with Crippen LogP contribution in [-0.4, -0.2) is 56.7 Å². The van der Waals surface area contributed by atoms with E-state index in [0.717, 1.165) is 47.8 Å². The highest BCUT2D eigenvalue weighted by atomic mass is 32.1. The van der Waals surface area contributed by atoms with Gasteiger partial charge in [-0.1, -0.05) is 6.07 Å². The van der Waals surface area contributed by atoms with E-state index < -0.39 is 0 Å². The largest absolute Gasteiger partial charge is 0.335 e. The lowest BCUT2D eigenvalue weighted by Crippen LogP contribution is -2.48. The van der Waals surface area contributed by atoms with Crippen molar-refractivity contribution in [2.24, 2.45) is 7.05 Å². The molecule has 1 aliphatic heterocycles. The Kier molecular flexibility index (Phi) is 4.03. The highest BCUT2D eigenvalue weighted by Crippen LogP contribution is 2.25. The van der Waals surface area contributed by atoms with Crippen LogP contribution in [0.4, 0.5) is 0 Å². The maximum atomic E-state index is 12.7. The van der Waals surface area contributed by atoms with Crippen LogP contribution in [0.5, 0.6) is 0 Å². The Hall–Kier alpha value is -2.25. The summed E-state index contributed by atoms with van der Waals surface area (Å²) >= 11 is 1.48. The number of hydrogen-bond acceptors (Lipinski definition) is 5. The number of aromatic nitrogens is 3. The summed E-state index contributed by atoms with van der Waals surface area (Å²) in [6.07, 6.45) is 3.59. The number of nitrogens with zero attached hydrogens (tertiary/aromatic N) is 5. The molecule has 0 aromatic carbocycles. The Labute approximate surface area is 144 Å². The summed E-state index contributed by atoms with van der Waals surface area (Å²) in [6, 6.07) is 7.90. The van der Waals surface area contributed by atoms with Crippen LogP contribution in [0.15, 0.2) is 36.7 Å². The van der Waals surface area contributed by atoms with E-state index in [-0.39, 0.29) is 5.91 Å². The second-order valence-electron chi connectivity index (χ2n) is 6.02. The number of pyridine rings is 1. The Bertz CT molecular complexity index is 830. The molecule has 0 bridgehead atoms. The molecule has 4 rings (SSSR count). The molecule has 0 aliphatic carbocycles. The minimum absolute atomic E-state index is 0.123. The lowest BCUT2D eigenvalue weighted by Gasteiger charge is -2.34. The monoisotopic (exact) mass is 341 g/mol. The zero-order chi connectivity index (χ0) is 16.5. The highest BCUT2D eigenvalue weighted by molar-refractivity contribution is 7.20. The Morgan fingerprint density at radius 2 is 2.04 bits per heavy atom. The van der Waals surface area contributed by atoms with E-state index in [1.165, 1.54) is 17.0 Å². The number of fused-ring (bicyclic) bond motifs is 1. The van der Waals surface area contributed by atoms with Gasteiger partial charge in [0.05, 0.1) is 10.6 Å². The van der Waals surface area contributed by atoms with Crippen LogP contribution in [0, 0.1) is 0 Å². The van der Waals surface area contributed by atoms with Crippen molar-refractivity contribution in [3.63, 3.8) is 0 Å². The van der Waals surface area contributed by atoms with Crippen LogP contribution >= 0.6 is 11.3 Å². The zero-order valence-corrected chi connectivity index (χ0v) is 14.4. The third kappa shape index (κ3) is 2.92. The minimum Gasteiger partial charge on any atom is -0.335 e. The number of amides is 1. The Morgan fingerprint density at radius 3 is 2.75 bits per heavy atom. The smallest absolute Gasteiger partial charge is 0.264 e. The van der Waals surface area contributed by atoms with Crippen molar-refractivity contribution in [2.45, 2.75) is 6.54 Å². The van der Waals surface area contributed by atoms with Crippen LogP contribution in [0.25, 0.3) is 10.2 Å². The van der Waals surface area contributed by atoms with Gasteiger partial charge in [0, 0.05) is 57.6 Å². The van der Waals surface area contributed by atoms with Gasteiger partial charge >= 0.3 is 0 Å². The molecule has 0 radical (unpaired) electrons. The van der Waals surface area contributed by atoms with Gasteiger partial charge in [-0.2, -0.15) is 5.10 Å². The lowest BCUT2D eigenvalue weighted by molar-refractivity contribution is 0.0630. The van der Waals surface area contributed by atoms with Crippen molar-refractivity contribution in [3.05, 3.63) is 47.2 Å². The second-order valence-corrected chi connectivity index (χ2v) is 7.05. The third-order valence-electron chi connectivity index (χ3n) is 4.47. The van der Waals surface area contributed by atoms with E-state index in [1.54, 1.807) is 6.20 Å². The van der Waals surface area contributed by atoms with Gasteiger partial charge in [0.15, 0.2) is 0 Å². The lowest BCUT2D eigenvalue weighted by atomic mass is 10.2. The SMILES string of the molecule is Cn1nccc1CN1CCN(C(=O)c2cc3cccnc3s2)CC1. The van der Waals surface area contributed by atoms with Crippen molar-refractivity contribution in [2.75, 3.05) is 26.2 Å². The van der Waals surface area contributed by atoms with Gasteiger partial charge < -0.3 is 4.90 Å². The standard InChI is InChI=1S/C17H19N5OS/c1-20-14(4-6-19-20)12-21-7-9-22(10-8-21)17(23)15-11-13-3-2-5-18-16(13)24-15/h2-6,11H,7-10,12H2,1H3. The summed E-state index contributed by atoms with van der Waals surface area (Å²) < 4.78 is 1.90. The molecular weight excluding hydrogens is 322 g/mol. The molecule has 0 saturated carbocycles. The van der Waals surface area contributed by atoms with Crippen LogP contribution in [0.1, 0.15) is 15.4 Å². The topological polar surface area (TPSA) is 54.3 Å². The second kappa shape index (κ2) is 6.33. The molecule has 0 N–H and O–H groups in total. The fourth-order valence-electron chi connectivity index (χ4n) is 3.03. The van der Waals surface area contributed by atoms with E-state index >= 15 is 0 Å². The third-order valence-corrected chi connectivity index (χ3v) is 5.52. The van der Waals surface area contributed by atoms with Gasteiger partial charge in [-0.25, -0.2) is 4.98 Å². The first-order valence-electron chi connectivity index (χ1n) is 8.04. The number of hydrogen-bond donors (Lipinski definition) is 0. The number of rotatable bonds is 3. The predicted octanol–water partition coefficient (Wildman–Crippen LogP) is 1.99. The Morgan fingerprint density at radius 1 is 1.21 bits per heavy atom. The molecule has 124 valence electrons. The van der Waals surface area contributed by atoms with Gasteiger partial charge in [0.2, 0.25) is 0 Å². The average molecular weight is 341 g/mol. The van der Waals surface area contributed by atoms with Crippen molar-refractivity contribution >= 4 is 27.5 Å².